The zero-order valence-electron chi connectivity index (χ0n) is 18.0. The number of benzene rings is 3. The van der Waals surface area contributed by atoms with Crippen LogP contribution >= 0.6 is 22.9 Å². The molecule has 1 unspecified atom stereocenters. The van der Waals surface area contributed by atoms with Crippen LogP contribution in [0.4, 0.5) is 0 Å². The van der Waals surface area contributed by atoms with Crippen LogP contribution in [0, 0.1) is 5.92 Å². The molecule has 0 spiro atoms. The molecule has 1 aromatic heterocycles. The predicted octanol–water partition coefficient (Wildman–Crippen LogP) is 5.39. The fraction of sp³-hybridized carbons (Fsp3) is 0.280. The Bertz CT molecular complexity index is 1380. The van der Waals surface area contributed by atoms with Crippen molar-refractivity contribution < 1.29 is 13.2 Å². The molecule has 8 heteroatoms. The number of ether oxygens (including phenoxy) is 1. The number of thiophene rings is 1. The molecule has 33 heavy (non-hydrogen) atoms. The number of fused-ring (bicyclic) bond motifs is 2. The molecule has 0 aliphatic carbocycles. The molecular formula is C25H25ClN2O3S2. The highest BCUT2D eigenvalue weighted by Gasteiger charge is 2.25. The highest BCUT2D eigenvalue weighted by Crippen LogP contribution is 2.31. The van der Waals surface area contributed by atoms with E-state index in [4.69, 9.17) is 16.3 Å². The molecule has 0 bridgehead atoms. The van der Waals surface area contributed by atoms with Crippen LogP contribution in [0.2, 0.25) is 5.02 Å². The highest BCUT2D eigenvalue weighted by atomic mass is 35.5. The van der Waals surface area contributed by atoms with Gasteiger partial charge in [0.15, 0.2) is 0 Å². The number of likely N-dealkylation sites (tertiary alicyclic amines) is 1. The minimum Gasteiger partial charge on any atom is -0.492 e. The number of hydrogen-bond acceptors (Lipinski definition) is 5. The Morgan fingerprint density at radius 1 is 1.06 bits per heavy atom. The first-order valence-electron chi connectivity index (χ1n) is 11.0. The first-order valence-corrected chi connectivity index (χ1v) is 13.7. The molecule has 1 N–H and O–H groups in total. The third-order valence-electron chi connectivity index (χ3n) is 6.07. The minimum atomic E-state index is -3.53. The molecule has 1 saturated heterocycles. The number of hydrogen-bond donors (Lipinski definition) is 1. The van der Waals surface area contributed by atoms with Crippen LogP contribution in [0.25, 0.3) is 20.9 Å². The molecular weight excluding hydrogens is 476 g/mol. The van der Waals surface area contributed by atoms with Gasteiger partial charge < -0.3 is 4.74 Å². The van der Waals surface area contributed by atoms with Gasteiger partial charge in [-0.3, -0.25) is 4.90 Å². The van der Waals surface area contributed by atoms with Crippen molar-refractivity contribution in [2.75, 3.05) is 32.8 Å². The first kappa shape index (κ1) is 22.6. The minimum absolute atomic E-state index is 0.293. The van der Waals surface area contributed by atoms with Gasteiger partial charge in [-0.25, -0.2) is 13.1 Å². The second kappa shape index (κ2) is 9.60. The lowest BCUT2D eigenvalue weighted by Crippen LogP contribution is -2.31. The standard InChI is InChI=1S/C25H25ClN2O3S2/c26-21-9-8-20-14-25(32-24(20)15-21)33(29,30)27-16-18-10-11-28(17-18)12-13-31-23-7-3-5-19-4-1-2-6-22(19)23/h1-9,14-15,18,27H,10-13,16-17H2. The van der Waals surface area contributed by atoms with Crippen molar-refractivity contribution >= 4 is 53.8 Å². The van der Waals surface area contributed by atoms with Crippen LogP contribution in [0.1, 0.15) is 6.42 Å². The molecule has 0 amide bonds. The van der Waals surface area contributed by atoms with Gasteiger partial charge in [0.05, 0.1) is 0 Å². The third-order valence-corrected chi connectivity index (χ3v) is 9.30. The van der Waals surface area contributed by atoms with E-state index in [1.165, 1.54) is 16.7 Å². The normalized spacial score (nSPS) is 17.2. The average Bonchev–Trinajstić information content (AvgIpc) is 3.45. The van der Waals surface area contributed by atoms with Gasteiger partial charge in [0.2, 0.25) is 10.0 Å². The predicted molar refractivity (Wildman–Crippen MR) is 136 cm³/mol. The summed E-state index contributed by atoms with van der Waals surface area (Å²) in [6, 6.07) is 21.5. The van der Waals surface area contributed by atoms with Gasteiger partial charge in [-0.05, 0) is 53.9 Å². The summed E-state index contributed by atoms with van der Waals surface area (Å²) in [7, 11) is -3.53. The van der Waals surface area contributed by atoms with Crippen molar-refractivity contribution in [3.05, 3.63) is 71.8 Å². The Morgan fingerprint density at radius 2 is 1.91 bits per heavy atom. The summed E-state index contributed by atoms with van der Waals surface area (Å²) in [4.78, 5) is 2.34. The lowest BCUT2D eigenvalue weighted by atomic mass is 10.1. The zero-order chi connectivity index (χ0) is 22.8. The molecule has 5 nitrogen and oxygen atoms in total. The maximum Gasteiger partial charge on any atom is 0.250 e. The summed E-state index contributed by atoms with van der Waals surface area (Å²) in [5.41, 5.74) is 0. The van der Waals surface area contributed by atoms with Crippen LogP contribution in [-0.2, 0) is 10.0 Å². The number of nitrogens with one attached hydrogen (secondary N) is 1. The van der Waals surface area contributed by atoms with E-state index < -0.39 is 10.0 Å². The topological polar surface area (TPSA) is 58.6 Å². The third kappa shape index (κ3) is 5.18. The van der Waals surface area contributed by atoms with Crippen LogP contribution in [0.5, 0.6) is 5.75 Å². The number of sulfonamides is 1. The van der Waals surface area contributed by atoms with Crippen molar-refractivity contribution in [2.24, 2.45) is 5.92 Å². The summed E-state index contributed by atoms with van der Waals surface area (Å²) >= 11 is 7.28. The average molecular weight is 501 g/mol. The highest BCUT2D eigenvalue weighted by molar-refractivity contribution is 7.91. The van der Waals surface area contributed by atoms with Crippen LogP contribution < -0.4 is 9.46 Å². The number of rotatable bonds is 8. The Hall–Kier alpha value is -2.16. The van der Waals surface area contributed by atoms with Crippen molar-refractivity contribution in [1.29, 1.82) is 0 Å². The molecule has 3 aromatic carbocycles. The molecule has 2 heterocycles. The Labute approximate surface area is 203 Å². The molecule has 4 aromatic rings. The molecule has 5 rings (SSSR count). The molecule has 172 valence electrons. The van der Waals surface area contributed by atoms with E-state index in [1.54, 1.807) is 18.2 Å². The Kier molecular flexibility index (Phi) is 6.58. The Balaban J connectivity index is 1.12. The lowest BCUT2D eigenvalue weighted by molar-refractivity contribution is 0.234. The smallest absolute Gasteiger partial charge is 0.250 e. The van der Waals surface area contributed by atoms with E-state index in [-0.39, 0.29) is 0 Å². The maximum absolute atomic E-state index is 12.8. The molecule has 0 radical (unpaired) electrons. The molecule has 1 aliphatic rings. The van der Waals surface area contributed by atoms with Crippen LogP contribution in [0.3, 0.4) is 0 Å². The monoisotopic (exact) mass is 500 g/mol. The molecule has 1 fully saturated rings. The first-order chi connectivity index (χ1) is 16.0. The molecule has 1 aliphatic heterocycles. The van der Waals surface area contributed by atoms with Crippen molar-refractivity contribution in [3.8, 4) is 5.75 Å². The van der Waals surface area contributed by atoms with Crippen molar-refractivity contribution in [1.82, 2.24) is 9.62 Å². The molecule has 1 atom stereocenters. The summed E-state index contributed by atoms with van der Waals surface area (Å²) in [5, 5.41) is 3.79. The van der Waals surface area contributed by atoms with Gasteiger partial charge >= 0.3 is 0 Å². The van der Waals surface area contributed by atoms with Crippen molar-refractivity contribution in [2.45, 2.75) is 10.6 Å². The van der Waals surface area contributed by atoms with Crippen LogP contribution in [-0.4, -0.2) is 46.1 Å². The van der Waals surface area contributed by atoms with E-state index >= 15 is 0 Å². The van der Waals surface area contributed by atoms with Gasteiger partial charge in [0.1, 0.15) is 16.6 Å². The van der Waals surface area contributed by atoms with E-state index in [0.29, 0.717) is 28.3 Å². The molecule has 0 saturated carbocycles. The van der Waals surface area contributed by atoms with E-state index in [9.17, 15) is 8.42 Å². The maximum atomic E-state index is 12.8. The number of halogens is 1. The van der Waals surface area contributed by atoms with E-state index in [1.807, 2.05) is 30.3 Å². The number of nitrogens with zero attached hydrogens (tertiary/aromatic N) is 1. The second-order valence-corrected chi connectivity index (χ2v) is 11.9. The SMILES string of the molecule is O=S(=O)(NCC1CCN(CCOc2cccc3ccccc23)C1)c1cc2ccc(Cl)cc2s1. The van der Waals surface area contributed by atoms with Gasteiger partial charge in [-0.15, -0.1) is 11.3 Å². The summed E-state index contributed by atoms with van der Waals surface area (Å²) in [5.74, 6) is 1.20. The van der Waals surface area contributed by atoms with Gasteiger partial charge in [-0.1, -0.05) is 54.1 Å². The zero-order valence-corrected chi connectivity index (χ0v) is 20.4. The quantitative estimate of drug-likeness (QED) is 0.352. The summed E-state index contributed by atoms with van der Waals surface area (Å²) < 4.78 is 35.7. The van der Waals surface area contributed by atoms with Gasteiger partial charge in [-0.2, -0.15) is 0 Å². The largest absolute Gasteiger partial charge is 0.492 e. The van der Waals surface area contributed by atoms with E-state index in [2.05, 4.69) is 27.8 Å². The van der Waals surface area contributed by atoms with Crippen molar-refractivity contribution in [3.63, 3.8) is 0 Å². The van der Waals surface area contributed by atoms with E-state index in [0.717, 1.165) is 47.3 Å². The van der Waals surface area contributed by atoms with Gasteiger partial charge in [0, 0.05) is 34.7 Å². The second-order valence-electron chi connectivity index (χ2n) is 8.38. The summed E-state index contributed by atoms with van der Waals surface area (Å²) in [6.07, 6.45) is 0.971. The summed E-state index contributed by atoms with van der Waals surface area (Å²) in [6.45, 7) is 3.69. The fourth-order valence-electron chi connectivity index (χ4n) is 4.30. The van der Waals surface area contributed by atoms with Crippen LogP contribution in [0.15, 0.2) is 70.9 Å². The lowest BCUT2D eigenvalue weighted by Gasteiger charge is -2.17. The van der Waals surface area contributed by atoms with Gasteiger partial charge in [0.25, 0.3) is 0 Å². The fourth-order valence-corrected chi connectivity index (χ4v) is 7.14. The Morgan fingerprint density at radius 3 is 2.82 bits per heavy atom.